The van der Waals surface area contributed by atoms with Crippen molar-refractivity contribution >= 4 is 10.0 Å². The number of likely N-dealkylation sites (tertiary alicyclic amines) is 1. The van der Waals surface area contributed by atoms with Crippen molar-refractivity contribution in [3.63, 3.8) is 0 Å². The summed E-state index contributed by atoms with van der Waals surface area (Å²) in [6.07, 6.45) is 3.47. The van der Waals surface area contributed by atoms with Gasteiger partial charge in [-0.2, -0.15) is 0 Å². The first-order valence-corrected chi connectivity index (χ1v) is 9.26. The standard InChI is InChI=1S/C16H26N2O2S/c1-14(2)12-15(18-10-6-7-11-18)13-17-21(19,20)16-8-4-3-5-9-16/h3-5,8-9,14-15,17H,6-7,10-13H2,1-2H3. The first-order valence-electron chi connectivity index (χ1n) is 7.78. The van der Waals surface area contributed by atoms with Crippen LogP contribution in [0.15, 0.2) is 35.2 Å². The summed E-state index contributed by atoms with van der Waals surface area (Å²) in [7, 11) is -3.40. The van der Waals surface area contributed by atoms with E-state index < -0.39 is 10.0 Å². The first kappa shape index (κ1) is 16.5. The van der Waals surface area contributed by atoms with Crippen molar-refractivity contribution in [3.05, 3.63) is 30.3 Å². The van der Waals surface area contributed by atoms with Gasteiger partial charge in [0.05, 0.1) is 4.90 Å². The zero-order chi connectivity index (χ0) is 15.3. The van der Waals surface area contributed by atoms with Gasteiger partial charge in [0.25, 0.3) is 0 Å². The fraction of sp³-hybridized carbons (Fsp3) is 0.625. The maximum absolute atomic E-state index is 12.3. The molecule has 1 unspecified atom stereocenters. The van der Waals surface area contributed by atoms with Gasteiger partial charge in [0.2, 0.25) is 10.0 Å². The Kier molecular flexibility index (Phi) is 5.79. The highest BCUT2D eigenvalue weighted by atomic mass is 32.2. The van der Waals surface area contributed by atoms with Crippen LogP contribution < -0.4 is 4.72 Å². The van der Waals surface area contributed by atoms with Crippen LogP contribution in [0.2, 0.25) is 0 Å². The van der Waals surface area contributed by atoms with Crippen LogP contribution in [0.1, 0.15) is 33.1 Å². The largest absolute Gasteiger partial charge is 0.299 e. The molecule has 1 aliphatic heterocycles. The molecule has 1 atom stereocenters. The lowest BCUT2D eigenvalue weighted by atomic mass is 10.0. The molecule has 1 heterocycles. The molecule has 0 amide bonds. The van der Waals surface area contributed by atoms with Crippen molar-refractivity contribution in [1.29, 1.82) is 0 Å². The Morgan fingerprint density at radius 2 is 1.76 bits per heavy atom. The first-order chi connectivity index (χ1) is 9.99. The summed E-state index contributed by atoms with van der Waals surface area (Å²) in [5, 5.41) is 0. The van der Waals surface area contributed by atoms with Crippen molar-refractivity contribution in [1.82, 2.24) is 9.62 Å². The number of hydrogen-bond acceptors (Lipinski definition) is 3. The van der Waals surface area contributed by atoms with Gasteiger partial charge in [-0.15, -0.1) is 0 Å². The third-order valence-electron chi connectivity index (χ3n) is 3.96. The molecule has 118 valence electrons. The molecule has 5 heteroatoms. The smallest absolute Gasteiger partial charge is 0.240 e. The SMILES string of the molecule is CC(C)CC(CNS(=O)(=O)c1ccccc1)N1CCCC1. The molecule has 0 bridgehead atoms. The van der Waals surface area contributed by atoms with Crippen LogP contribution in [-0.4, -0.2) is 39.0 Å². The Bertz CT molecular complexity index is 522. The van der Waals surface area contributed by atoms with Crippen molar-refractivity contribution in [2.24, 2.45) is 5.92 Å². The molecule has 1 fully saturated rings. The zero-order valence-corrected chi connectivity index (χ0v) is 13.8. The number of hydrogen-bond donors (Lipinski definition) is 1. The topological polar surface area (TPSA) is 49.4 Å². The number of benzene rings is 1. The van der Waals surface area contributed by atoms with E-state index in [1.807, 2.05) is 6.07 Å². The van der Waals surface area contributed by atoms with Crippen molar-refractivity contribution < 1.29 is 8.42 Å². The molecule has 1 N–H and O–H groups in total. The van der Waals surface area contributed by atoms with Gasteiger partial charge in [-0.1, -0.05) is 32.0 Å². The minimum absolute atomic E-state index is 0.297. The van der Waals surface area contributed by atoms with E-state index in [0.29, 0.717) is 23.4 Å². The number of nitrogens with zero attached hydrogens (tertiary/aromatic N) is 1. The van der Waals surface area contributed by atoms with Crippen molar-refractivity contribution in [2.75, 3.05) is 19.6 Å². The predicted molar refractivity (Wildman–Crippen MR) is 85.7 cm³/mol. The van der Waals surface area contributed by atoms with Crippen LogP contribution in [0.25, 0.3) is 0 Å². The minimum atomic E-state index is -3.40. The lowest BCUT2D eigenvalue weighted by Gasteiger charge is -2.29. The van der Waals surface area contributed by atoms with Gasteiger partial charge in [0.15, 0.2) is 0 Å². The molecule has 2 rings (SSSR count). The van der Waals surface area contributed by atoms with Gasteiger partial charge < -0.3 is 0 Å². The van der Waals surface area contributed by atoms with Crippen LogP contribution in [0.4, 0.5) is 0 Å². The Balaban J connectivity index is 2.00. The van der Waals surface area contributed by atoms with Crippen LogP contribution in [0.5, 0.6) is 0 Å². The molecular weight excluding hydrogens is 284 g/mol. The van der Waals surface area contributed by atoms with Crippen LogP contribution in [-0.2, 0) is 10.0 Å². The molecule has 21 heavy (non-hydrogen) atoms. The van der Waals surface area contributed by atoms with E-state index in [2.05, 4.69) is 23.5 Å². The molecule has 0 spiro atoms. The Morgan fingerprint density at radius 1 is 1.14 bits per heavy atom. The molecule has 1 aromatic carbocycles. The fourth-order valence-corrected chi connectivity index (χ4v) is 4.00. The number of sulfonamides is 1. The summed E-state index contributed by atoms with van der Waals surface area (Å²) in [5.41, 5.74) is 0. The van der Waals surface area contributed by atoms with Crippen molar-refractivity contribution in [3.8, 4) is 0 Å². The van der Waals surface area contributed by atoms with Crippen LogP contribution in [0.3, 0.4) is 0 Å². The van der Waals surface area contributed by atoms with Crippen molar-refractivity contribution in [2.45, 2.75) is 44.0 Å². The second-order valence-electron chi connectivity index (χ2n) is 6.19. The molecule has 0 saturated carbocycles. The van der Waals surface area contributed by atoms with Gasteiger partial charge in [0, 0.05) is 12.6 Å². The third kappa shape index (κ3) is 4.80. The molecule has 0 aliphatic carbocycles. The summed E-state index contributed by atoms with van der Waals surface area (Å²) < 4.78 is 27.4. The second-order valence-corrected chi connectivity index (χ2v) is 7.96. The summed E-state index contributed by atoms with van der Waals surface area (Å²) >= 11 is 0. The van der Waals surface area contributed by atoms with E-state index in [1.54, 1.807) is 24.3 Å². The highest BCUT2D eigenvalue weighted by molar-refractivity contribution is 7.89. The number of nitrogens with one attached hydrogen (secondary N) is 1. The fourth-order valence-electron chi connectivity index (χ4n) is 2.90. The van der Waals surface area contributed by atoms with Gasteiger partial charge in [-0.25, -0.2) is 13.1 Å². The van der Waals surface area contributed by atoms with Crippen LogP contribution >= 0.6 is 0 Å². The summed E-state index contributed by atoms with van der Waals surface area (Å²) in [5.74, 6) is 0.567. The van der Waals surface area contributed by atoms with E-state index in [-0.39, 0.29) is 0 Å². The van der Waals surface area contributed by atoms with Gasteiger partial charge in [-0.05, 0) is 50.4 Å². The second kappa shape index (κ2) is 7.38. The summed E-state index contributed by atoms with van der Waals surface area (Å²) in [6.45, 7) is 7.05. The molecule has 0 aromatic heterocycles. The Hall–Kier alpha value is -0.910. The van der Waals surface area contributed by atoms with E-state index >= 15 is 0 Å². The molecule has 0 radical (unpaired) electrons. The maximum Gasteiger partial charge on any atom is 0.240 e. The lowest BCUT2D eigenvalue weighted by Crippen LogP contribution is -2.43. The number of rotatable bonds is 7. The summed E-state index contributed by atoms with van der Waals surface area (Å²) in [4.78, 5) is 2.77. The molecular formula is C16H26N2O2S. The highest BCUT2D eigenvalue weighted by Gasteiger charge is 2.24. The van der Waals surface area contributed by atoms with Gasteiger partial charge in [-0.3, -0.25) is 4.90 Å². The maximum atomic E-state index is 12.3. The molecule has 1 aromatic rings. The quantitative estimate of drug-likeness (QED) is 0.842. The Labute approximate surface area is 128 Å². The summed E-state index contributed by atoms with van der Waals surface area (Å²) in [6, 6.07) is 8.89. The lowest BCUT2D eigenvalue weighted by molar-refractivity contribution is 0.214. The average Bonchev–Trinajstić information content (AvgIpc) is 2.98. The Morgan fingerprint density at radius 3 is 2.33 bits per heavy atom. The normalized spacial score (nSPS) is 18.2. The van der Waals surface area contributed by atoms with E-state index in [1.165, 1.54) is 12.8 Å². The van der Waals surface area contributed by atoms with Gasteiger partial charge >= 0.3 is 0 Å². The molecule has 1 saturated heterocycles. The highest BCUT2D eigenvalue weighted by Crippen LogP contribution is 2.18. The zero-order valence-electron chi connectivity index (χ0n) is 13.0. The minimum Gasteiger partial charge on any atom is -0.299 e. The van der Waals surface area contributed by atoms with E-state index in [9.17, 15) is 8.42 Å². The van der Waals surface area contributed by atoms with E-state index in [4.69, 9.17) is 0 Å². The van der Waals surface area contributed by atoms with E-state index in [0.717, 1.165) is 19.5 Å². The molecule has 1 aliphatic rings. The molecule has 4 nitrogen and oxygen atoms in total. The van der Waals surface area contributed by atoms with Gasteiger partial charge in [0.1, 0.15) is 0 Å². The monoisotopic (exact) mass is 310 g/mol. The van der Waals surface area contributed by atoms with Crippen LogP contribution in [0, 0.1) is 5.92 Å². The average molecular weight is 310 g/mol. The predicted octanol–water partition coefficient (Wildman–Crippen LogP) is 2.48. The third-order valence-corrected chi connectivity index (χ3v) is 5.40.